The van der Waals surface area contributed by atoms with Gasteiger partial charge in [0.15, 0.2) is 0 Å². The van der Waals surface area contributed by atoms with Crippen LogP contribution in [0.2, 0.25) is 0 Å². The Hall–Kier alpha value is -1.20. The molecule has 3 nitrogen and oxygen atoms in total. The fourth-order valence-corrected chi connectivity index (χ4v) is 2.33. The second-order valence-electron chi connectivity index (χ2n) is 3.69. The van der Waals surface area contributed by atoms with Crippen LogP contribution in [-0.4, -0.2) is 10.9 Å². The molecule has 1 aromatic carbocycles. The fourth-order valence-electron chi connectivity index (χ4n) is 1.39. The van der Waals surface area contributed by atoms with E-state index in [0.717, 1.165) is 20.7 Å². The number of thiazole rings is 1. The van der Waals surface area contributed by atoms with Crippen molar-refractivity contribution in [3.8, 4) is 0 Å². The Labute approximate surface area is 112 Å². The first-order chi connectivity index (χ1) is 8.06. The van der Waals surface area contributed by atoms with Gasteiger partial charge in [-0.05, 0) is 47.5 Å². The Kier molecular flexibility index (Phi) is 3.59. The van der Waals surface area contributed by atoms with E-state index < -0.39 is 0 Å². The summed E-state index contributed by atoms with van der Waals surface area (Å²) in [4.78, 5) is 16.1. The molecule has 0 radical (unpaired) electrons. The van der Waals surface area contributed by atoms with Gasteiger partial charge in [0.1, 0.15) is 5.69 Å². The summed E-state index contributed by atoms with van der Waals surface area (Å²) < 4.78 is 0.864. The number of hydrogen-bond acceptors (Lipinski definition) is 3. The predicted octanol–water partition coefficient (Wildman–Crippen LogP) is 3.77. The van der Waals surface area contributed by atoms with Crippen molar-refractivity contribution in [2.24, 2.45) is 0 Å². The number of hydrogen-bond donors (Lipinski definition) is 1. The quantitative estimate of drug-likeness (QED) is 0.917. The SMILES string of the molecule is Cc1ccc(Br)c(NC(=O)c2csc(C)n2)c1. The third-order valence-electron chi connectivity index (χ3n) is 2.22. The third kappa shape index (κ3) is 2.92. The molecule has 1 amide bonds. The van der Waals surface area contributed by atoms with E-state index in [1.807, 2.05) is 32.0 Å². The van der Waals surface area contributed by atoms with Crippen LogP contribution in [0.1, 0.15) is 21.1 Å². The van der Waals surface area contributed by atoms with Crippen LogP contribution in [-0.2, 0) is 0 Å². The summed E-state index contributed by atoms with van der Waals surface area (Å²) in [6.45, 7) is 3.86. The van der Waals surface area contributed by atoms with Crippen molar-refractivity contribution in [2.75, 3.05) is 5.32 Å². The normalized spacial score (nSPS) is 10.3. The maximum Gasteiger partial charge on any atom is 0.275 e. The zero-order chi connectivity index (χ0) is 12.4. The maximum atomic E-state index is 11.9. The number of halogens is 1. The van der Waals surface area contributed by atoms with Crippen LogP contribution < -0.4 is 5.32 Å². The van der Waals surface area contributed by atoms with Crippen molar-refractivity contribution in [3.05, 3.63) is 44.3 Å². The molecule has 0 saturated carbocycles. The van der Waals surface area contributed by atoms with Crippen LogP contribution in [0.5, 0.6) is 0 Å². The number of aryl methyl sites for hydroxylation is 2. The molecule has 0 aliphatic rings. The number of benzene rings is 1. The average molecular weight is 311 g/mol. The Morgan fingerprint density at radius 3 is 2.82 bits per heavy atom. The van der Waals surface area contributed by atoms with Gasteiger partial charge in [0.2, 0.25) is 0 Å². The van der Waals surface area contributed by atoms with Gasteiger partial charge in [0.05, 0.1) is 10.7 Å². The second-order valence-corrected chi connectivity index (χ2v) is 5.61. The zero-order valence-electron chi connectivity index (χ0n) is 9.45. The van der Waals surface area contributed by atoms with E-state index in [2.05, 4.69) is 26.2 Å². The van der Waals surface area contributed by atoms with Gasteiger partial charge >= 0.3 is 0 Å². The van der Waals surface area contributed by atoms with Gasteiger partial charge in [-0.25, -0.2) is 4.98 Å². The lowest BCUT2D eigenvalue weighted by atomic mass is 10.2. The van der Waals surface area contributed by atoms with Gasteiger partial charge in [-0.2, -0.15) is 0 Å². The number of amides is 1. The van der Waals surface area contributed by atoms with E-state index in [-0.39, 0.29) is 5.91 Å². The van der Waals surface area contributed by atoms with Crippen LogP contribution in [0.4, 0.5) is 5.69 Å². The molecule has 1 N–H and O–H groups in total. The smallest absolute Gasteiger partial charge is 0.275 e. The van der Waals surface area contributed by atoms with Gasteiger partial charge in [-0.1, -0.05) is 6.07 Å². The van der Waals surface area contributed by atoms with Crippen molar-refractivity contribution in [2.45, 2.75) is 13.8 Å². The number of nitrogens with zero attached hydrogens (tertiary/aromatic N) is 1. The molecule has 0 unspecified atom stereocenters. The molecule has 0 atom stereocenters. The molecule has 0 fully saturated rings. The summed E-state index contributed by atoms with van der Waals surface area (Å²) in [6.07, 6.45) is 0. The Bertz CT molecular complexity index is 565. The molecule has 17 heavy (non-hydrogen) atoms. The Morgan fingerprint density at radius 2 is 2.18 bits per heavy atom. The monoisotopic (exact) mass is 310 g/mol. The molecular formula is C12H11BrN2OS. The Morgan fingerprint density at radius 1 is 1.41 bits per heavy atom. The number of aromatic nitrogens is 1. The molecule has 0 spiro atoms. The van der Waals surface area contributed by atoms with E-state index in [1.54, 1.807) is 5.38 Å². The highest BCUT2D eigenvalue weighted by atomic mass is 79.9. The largest absolute Gasteiger partial charge is 0.320 e. The topological polar surface area (TPSA) is 42.0 Å². The molecule has 0 aliphatic carbocycles. The molecule has 0 aliphatic heterocycles. The molecule has 0 bridgehead atoms. The first-order valence-electron chi connectivity index (χ1n) is 5.06. The van der Waals surface area contributed by atoms with Gasteiger partial charge in [-0.3, -0.25) is 4.79 Å². The van der Waals surface area contributed by atoms with Crippen LogP contribution in [0.15, 0.2) is 28.1 Å². The van der Waals surface area contributed by atoms with E-state index in [4.69, 9.17) is 0 Å². The lowest BCUT2D eigenvalue weighted by molar-refractivity contribution is 0.102. The molecule has 1 aromatic heterocycles. The molecule has 1 heterocycles. The number of rotatable bonds is 2. The second kappa shape index (κ2) is 4.98. The van der Waals surface area contributed by atoms with E-state index in [0.29, 0.717) is 5.69 Å². The standard InChI is InChI=1S/C12H11BrN2OS/c1-7-3-4-9(13)10(5-7)15-12(16)11-6-17-8(2)14-11/h3-6H,1-2H3,(H,15,16). The van der Waals surface area contributed by atoms with Crippen molar-refractivity contribution in [1.29, 1.82) is 0 Å². The summed E-state index contributed by atoms with van der Waals surface area (Å²) in [5, 5.41) is 5.48. The molecule has 2 aromatic rings. The lowest BCUT2D eigenvalue weighted by Gasteiger charge is -2.06. The zero-order valence-corrected chi connectivity index (χ0v) is 11.9. The number of carbonyl (C=O) groups is 1. The molecule has 2 rings (SSSR count). The lowest BCUT2D eigenvalue weighted by Crippen LogP contribution is -2.12. The van der Waals surface area contributed by atoms with Gasteiger partial charge < -0.3 is 5.32 Å². The van der Waals surface area contributed by atoms with Crippen molar-refractivity contribution in [1.82, 2.24) is 4.98 Å². The molecule has 88 valence electrons. The van der Waals surface area contributed by atoms with Crippen LogP contribution in [0.25, 0.3) is 0 Å². The van der Waals surface area contributed by atoms with Crippen molar-refractivity contribution >= 4 is 38.9 Å². The molecule has 5 heteroatoms. The molecular weight excluding hydrogens is 300 g/mol. The average Bonchev–Trinajstić information content (AvgIpc) is 2.70. The number of carbonyl (C=O) groups excluding carboxylic acids is 1. The first-order valence-corrected chi connectivity index (χ1v) is 6.73. The van der Waals surface area contributed by atoms with E-state index in [9.17, 15) is 4.79 Å². The molecule has 0 saturated heterocycles. The Balaban J connectivity index is 2.21. The summed E-state index contributed by atoms with van der Waals surface area (Å²) in [5.74, 6) is -0.180. The van der Waals surface area contributed by atoms with Crippen LogP contribution >= 0.6 is 27.3 Å². The van der Waals surface area contributed by atoms with Gasteiger partial charge in [0, 0.05) is 9.85 Å². The highest BCUT2D eigenvalue weighted by Crippen LogP contribution is 2.24. The summed E-state index contributed by atoms with van der Waals surface area (Å²) >= 11 is 4.87. The highest BCUT2D eigenvalue weighted by molar-refractivity contribution is 9.10. The van der Waals surface area contributed by atoms with E-state index >= 15 is 0 Å². The highest BCUT2D eigenvalue weighted by Gasteiger charge is 2.11. The predicted molar refractivity (Wildman–Crippen MR) is 73.7 cm³/mol. The summed E-state index contributed by atoms with van der Waals surface area (Å²) in [6, 6.07) is 5.81. The van der Waals surface area contributed by atoms with Gasteiger partial charge in [-0.15, -0.1) is 11.3 Å². The van der Waals surface area contributed by atoms with E-state index in [1.165, 1.54) is 11.3 Å². The number of nitrogens with one attached hydrogen (secondary N) is 1. The minimum atomic E-state index is -0.180. The first kappa shape index (κ1) is 12.3. The number of anilines is 1. The van der Waals surface area contributed by atoms with Crippen LogP contribution in [0.3, 0.4) is 0 Å². The summed E-state index contributed by atoms with van der Waals surface area (Å²) in [7, 11) is 0. The van der Waals surface area contributed by atoms with Crippen molar-refractivity contribution < 1.29 is 4.79 Å². The fraction of sp³-hybridized carbons (Fsp3) is 0.167. The van der Waals surface area contributed by atoms with Crippen LogP contribution in [0, 0.1) is 13.8 Å². The van der Waals surface area contributed by atoms with Crippen molar-refractivity contribution in [3.63, 3.8) is 0 Å². The maximum absolute atomic E-state index is 11.9. The minimum absolute atomic E-state index is 0.180. The third-order valence-corrected chi connectivity index (χ3v) is 3.69. The van der Waals surface area contributed by atoms with Gasteiger partial charge in [0.25, 0.3) is 5.91 Å². The minimum Gasteiger partial charge on any atom is -0.320 e. The summed E-state index contributed by atoms with van der Waals surface area (Å²) in [5.41, 5.74) is 2.32.